The molecule has 4 N–H and O–H groups in total. The van der Waals surface area contributed by atoms with Gasteiger partial charge in [-0.25, -0.2) is 9.97 Å². The lowest BCUT2D eigenvalue weighted by Crippen LogP contribution is -2.18. The Morgan fingerprint density at radius 2 is 2.29 bits per heavy atom. The molecule has 1 saturated carbocycles. The normalized spacial score (nSPS) is 16.6. The van der Waals surface area contributed by atoms with Gasteiger partial charge in [-0.05, 0) is 24.7 Å². The number of nitrogens with one attached hydrogen (secondary N) is 1. The van der Waals surface area contributed by atoms with Gasteiger partial charge in [0.1, 0.15) is 6.33 Å². The number of nitrogens with zero attached hydrogens (tertiary/aromatic N) is 2. The number of aliphatic hydroxyl groups is 1. The van der Waals surface area contributed by atoms with Crippen molar-refractivity contribution in [3.63, 3.8) is 0 Å². The number of methoxy groups -OCH3 is 1. The SMILES string of the molecule is COc1c(N)ncnc1NCC1(CCO)CC1. The third kappa shape index (κ3) is 2.58. The van der Waals surface area contributed by atoms with Crippen LogP contribution in [0.1, 0.15) is 19.3 Å². The standard InChI is InChI=1S/C11H18N4O2/c1-17-8-9(12)14-7-15-10(8)13-6-11(2-3-11)4-5-16/h7,16H,2-6H2,1H3,(H3,12,13,14,15). The minimum Gasteiger partial charge on any atom is -0.490 e. The highest BCUT2D eigenvalue weighted by molar-refractivity contribution is 5.61. The summed E-state index contributed by atoms with van der Waals surface area (Å²) in [6, 6.07) is 0. The molecule has 0 radical (unpaired) electrons. The van der Waals surface area contributed by atoms with E-state index in [4.69, 9.17) is 15.6 Å². The first-order chi connectivity index (χ1) is 8.21. The van der Waals surface area contributed by atoms with Gasteiger partial charge in [0, 0.05) is 13.2 Å². The first-order valence-electron chi connectivity index (χ1n) is 5.70. The molecule has 1 aliphatic carbocycles. The Kier molecular flexibility index (Phi) is 3.33. The monoisotopic (exact) mass is 238 g/mol. The Morgan fingerprint density at radius 1 is 1.53 bits per heavy atom. The van der Waals surface area contributed by atoms with Crippen molar-refractivity contribution in [2.45, 2.75) is 19.3 Å². The van der Waals surface area contributed by atoms with Crippen LogP contribution in [-0.4, -0.2) is 35.3 Å². The summed E-state index contributed by atoms with van der Waals surface area (Å²) in [5.41, 5.74) is 5.91. The maximum Gasteiger partial charge on any atom is 0.203 e. The molecule has 0 bridgehead atoms. The first-order valence-corrected chi connectivity index (χ1v) is 5.70. The molecule has 1 fully saturated rings. The fourth-order valence-electron chi connectivity index (χ4n) is 1.91. The Morgan fingerprint density at radius 3 is 2.88 bits per heavy atom. The van der Waals surface area contributed by atoms with E-state index in [9.17, 15) is 0 Å². The van der Waals surface area contributed by atoms with Gasteiger partial charge in [0.15, 0.2) is 11.6 Å². The summed E-state index contributed by atoms with van der Waals surface area (Å²) in [7, 11) is 1.54. The lowest BCUT2D eigenvalue weighted by Gasteiger charge is -2.16. The van der Waals surface area contributed by atoms with E-state index in [0.29, 0.717) is 17.4 Å². The van der Waals surface area contributed by atoms with Crippen molar-refractivity contribution in [2.75, 3.05) is 31.3 Å². The van der Waals surface area contributed by atoms with E-state index in [1.54, 1.807) is 7.11 Å². The summed E-state index contributed by atoms with van der Waals surface area (Å²) >= 11 is 0. The van der Waals surface area contributed by atoms with Crippen LogP contribution in [0.3, 0.4) is 0 Å². The second-order valence-corrected chi connectivity index (χ2v) is 4.47. The maximum atomic E-state index is 8.99. The molecule has 0 aromatic carbocycles. The lowest BCUT2D eigenvalue weighted by molar-refractivity contribution is 0.253. The highest BCUT2D eigenvalue weighted by Crippen LogP contribution is 2.48. The molecular weight excluding hydrogens is 220 g/mol. The van der Waals surface area contributed by atoms with E-state index in [1.807, 2.05) is 0 Å². The molecule has 0 spiro atoms. The molecule has 0 amide bonds. The Labute approximate surface area is 100 Å². The largest absolute Gasteiger partial charge is 0.490 e. The third-order valence-corrected chi connectivity index (χ3v) is 3.27. The third-order valence-electron chi connectivity index (χ3n) is 3.27. The van der Waals surface area contributed by atoms with Gasteiger partial charge in [0.25, 0.3) is 0 Å². The van der Waals surface area contributed by atoms with Crippen molar-refractivity contribution in [2.24, 2.45) is 5.41 Å². The number of nitrogen functional groups attached to an aromatic ring is 1. The molecule has 1 aliphatic rings. The van der Waals surface area contributed by atoms with Crippen molar-refractivity contribution >= 4 is 11.6 Å². The van der Waals surface area contributed by atoms with Crippen molar-refractivity contribution in [1.29, 1.82) is 0 Å². The molecule has 1 aromatic heterocycles. The van der Waals surface area contributed by atoms with Crippen LogP contribution in [0.2, 0.25) is 0 Å². The number of rotatable bonds is 6. The van der Waals surface area contributed by atoms with E-state index >= 15 is 0 Å². The van der Waals surface area contributed by atoms with Gasteiger partial charge in [-0.15, -0.1) is 0 Å². The number of nitrogens with two attached hydrogens (primary N) is 1. The summed E-state index contributed by atoms with van der Waals surface area (Å²) < 4.78 is 5.16. The zero-order chi connectivity index (χ0) is 12.3. The minimum atomic E-state index is 0.222. The molecule has 6 nitrogen and oxygen atoms in total. The molecule has 2 rings (SSSR count). The van der Waals surface area contributed by atoms with Gasteiger partial charge in [-0.1, -0.05) is 0 Å². The molecule has 0 saturated heterocycles. The van der Waals surface area contributed by atoms with Gasteiger partial charge in [0.05, 0.1) is 7.11 Å². The van der Waals surface area contributed by atoms with E-state index < -0.39 is 0 Å². The molecule has 0 atom stereocenters. The smallest absolute Gasteiger partial charge is 0.203 e. The average Bonchev–Trinajstić information content (AvgIpc) is 3.07. The van der Waals surface area contributed by atoms with Crippen LogP contribution in [0.4, 0.5) is 11.6 Å². The summed E-state index contributed by atoms with van der Waals surface area (Å²) in [6.45, 7) is 1.01. The topological polar surface area (TPSA) is 93.3 Å². The highest BCUT2D eigenvalue weighted by Gasteiger charge is 2.41. The molecule has 1 heterocycles. The average molecular weight is 238 g/mol. The zero-order valence-electron chi connectivity index (χ0n) is 9.94. The van der Waals surface area contributed by atoms with Crippen LogP contribution in [0, 0.1) is 5.41 Å². The van der Waals surface area contributed by atoms with Gasteiger partial charge in [-0.2, -0.15) is 0 Å². The number of hydrogen-bond donors (Lipinski definition) is 3. The van der Waals surface area contributed by atoms with Crippen LogP contribution in [-0.2, 0) is 0 Å². The van der Waals surface area contributed by atoms with Crippen molar-refractivity contribution < 1.29 is 9.84 Å². The molecule has 0 unspecified atom stereocenters. The zero-order valence-corrected chi connectivity index (χ0v) is 9.94. The van der Waals surface area contributed by atoms with Crippen molar-refractivity contribution in [3.8, 4) is 5.75 Å². The van der Waals surface area contributed by atoms with E-state index in [1.165, 1.54) is 6.33 Å². The van der Waals surface area contributed by atoms with E-state index in [-0.39, 0.29) is 12.0 Å². The van der Waals surface area contributed by atoms with Gasteiger partial charge >= 0.3 is 0 Å². The Balaban J connectivity index is 2.02. The predicted molar refractivity (Wildman–Crippen MR) is 64.9 cm³/mol. The second kappa shape index (κ2) is 4.75. The summed E-state index contributed by atoms with van der Waals surface area (Å²) in [5.74, 6) is 1.42. The number of aliphatic hydroxyl groups excluding tert-OH is 1. The predicted octanol–water partition coefficient (Wildman–Crippen LogP) is 0.642. The van der Waals surface area contributed by atoms with E-state index in [0.717, 1.165) is 25.8 Å². The van der Waals surface area contributed by atoms with Crippen LogP contribution < -0.4 is 15.8 Å². The number of ether oxygens (including phenoxy) is 1. The Hall–Kier alpha value is -1.56. The summed E-state index contributed by atoms with van der Waals surface area (Å²) in [5, 5.41) is 12.2. The highest BCUT2D eigenvalue weighted by atomic mass is 16.5. The minimum absolute atomic E-state index is 0.222. The van der Waals surface area contributed by atoms with Crippen LogP contribution in [0.25, 0.3) is 0 Å². The summed E-state index contributed by atoms with van der Waals surface area (Å²) in [4.78, 5) is 7.98. The van der Waals surface area contributed by atoms with Crippen LogP contribution >= 0.6 is 0 Å². The fraction of sp³-hybridized carbons (Fsp3) is 0.636. The molecular formula is C11H18N4O2. The maximum absolute atomic E-state index is 8.99. The molecule has 17 heavy (non-hydrogen) atoms. The Bertz CT molecular complexity index is 393. The van der Waals surface area contributed by atoms with E-state index in [2.05, 4.69) is 15.3 Å². The van der Waals surface area contributed by atoms with Gasteiger partial charge < -0.3 is 20.9 Å². The molecule has 94 valence electrons. The molecule has 6 heteroatoms. The summed E-state index contributed by atoms with van der Waals surface area (Å²) in [6.07, 6.45) is 4.52. The van der Waals surface area contributed by atoms with Crippen molar-refractivity contribution in [3.05, 3.63) is 6.33 Å². The number of aromatic nitrogens is 2. The van der Waals surface area contributed by atoms with Gasteiger partial charge in [0.2, 0.25) is 5.75 Å². The fourth-order valence-corrected chi connectivity index (χ4v) is 1.91. The number of hydrogen-bond acceptors (Lipinski definition) is 6. The quantitative estimate of drug-likeness (QED) is 0.673. The second-order valence-electron chi connectivity index (χ2n) is 4.47. The van der Waals surface area contributed by atoms with Crippen LogP contribution in [0.15, 0.2) is 6.33 Å². The lowest BCUT2D eigenvalue weighted by atomic mass is 10.0. The number of anilines is 2. The van der Waals surface area contributed by atoms with Crippen molar-refractivity contribution in [1.82, 2.24) is 9.97 Å². The molecule has 1 aromatic rings. The first kappa shape index (κ1) is 11.9. The molecule has 0 aliphatic heterocycles. The van der Waals surface area contributed by atoms with Gasteiger partial charge in [-0.3, -0.25) is 0 Å². The van der Waals surface area contributed by atoms with Crippen LogP contribution in [0.5, 0.6) is 5.75 Å².